The summed E-state index contributed by atoms with van der Waals surface area (Å²) in [4.78, 5) is 11.6. The Morgan fingerprint density at radius 2 is 2.35 bits per heavy atom. The maximum atomic E-state index is 11.6. The summed E-state index contributed by atoms with van der Waals surface area (Å²) in [5.74, 6) is 0.961. The largest absolute Gasteiger partial charge is 0.456 e. The fourth-order valence-corrected chi connectivity index (χ4v) is 1.45. The third-order valence-corrected chi connectivity index (χ3v) is 2.42. The molecule has 5 heteroatoms. The predicted octanol–water partition coefficient (Wildman–Crippen LogP) is 0.936. The first-order valence-electron chi connectivity index (χ1n) is 5.78. The Labute approximate surface area is 101 Å². The number of carbonyl (C=O) groups excluding carboxylic acids is 1. The summed E-state index contributed by atoms with van der Waals surface area (Å²) in [6.07, 6.45) is 1.47. The van der Waals surface area contributed by atoms with Gasteiger partial charge < -0.3 is 20.2 Å². The summed E-state index contributed by atoms with van der Waals surface area (Å²) < 4.78 is 10.2. The lowest BCUT2D eigenvalue weighted by Gasteiger charge is -2.10. The number of amides is 1. The van der Waals surface area contributed by atoms with Gasteiger partial charge in [0.25, 0.3) is 5.91 Å². The molecular formula is C12H20N2O3. The monoisotopic (exact) mass is 240 g/mol. The average molecular weight is 240 g/mol. The van der Waals surface area contributed by atoms with Crippen LogP contribution < -0.4 is 11.1 Å². The number of nitrogens with two attached hydrogens (primary N) is 1. The Morgan fingerprint density at radius 1 is 1.59 bits per heavy atom. The van der Waals surface area contributed by atoms with Gasteiger partial charge in [0.2, 0.25) is 0 Å². The van der Waals surface area contributed by atoms with Crippen LogP contribution in [0.25, 0.3) is 0 Å². The molecule has 0 spiro atoms. The lowest BCUT2D eigenvalue weighted by atomic mass is 10.2. The van der Waals surface area contributed by atoms with Crippen LogP contribution in [0.15, 0.2) is 16.5 Å². The summed E-state index contributed by atoms with van der Waals surface area (Å²) in [6.45, 7) is 2.99. The first kappa shape index (κ1) is 13.7. The van der Waals surface area contributed by atoms with E-state index in [-0.39, 0.29) is 11.9 Å². The topological polar surface area (TPSA) is 77.5 Å². The van der Waals surface area contributed by atoms with Crippen molar-refractivity contribution in [2.24, 2.45) is 5.73 Å². The van der Waals surface area contributed by atoms with Crippen LogP contribution in [0.3, 0.4) is 0 Å². The molecule has 1 amide bonds. The summed E-state index contributed by atoms with van der Waals surface area (Å²) in [5.41, 5.74) is 5.74. The smallest absolute Gasteiger partial charge is 0.286 e. The van der Waals surface area contributed by atoms with E-state index in [2.05, 4.69) is 5.32 Å². The number of hydrogen-bond acceptors (Lipinski definition) is 4. The van der Waals surface area contributed by atoms with Crippen LogP contribution in [0.5, 0.6) is 0 Å². The molecule has 1 rings (SSSR count). The second-order valence-corrected chi connectivity index (χ2v) is 3.88. The minimum Gasteiger partial charge on any atom is -0.456 e. The van der Waals surface area contributed by atoms with Crippen LogP contribution in [0, 0.1) is 0 Å². The Hall–Kier alpha value is -1.33. The van der Waals surface area contributed by atoms with Gasteiger partial charge in [-0.05, 0) is 18.6 Å². The van der Waals surface area contributed by atoms with Gasteiger partial charge in [-0.1, -0.05) is 6.92 Å². The van der Waals surface area contributed by atoms with Crippen molar-refractivity contribution < 1.29 is 13.9 Å². The molecule has 3 N–H and O–H groups in total. The minimum absolute atomic E-state index is 0.0527. The van der Waals surface area contributed by atoms with Gasteiger partial charge in [-0.25, -0.2) is 0 Å². The normalized spacial score (nSPS) is 12.4. The van der Waals surface area contributed by atoms with Gasteiger partial charge in [-0.2, -0.15) is 0 Å². The van der Waals surface area contributed by atoms with E-state index in [4.69, 9.17) is 14.9 Å². The third kappa shape index (κ3) is 4.58. The van der Waals surface area contributed by atoms with Gasteiger partial charge >= 0.3 is 0 Å². The molecule has 1 aromatic heterocycles. The average Bonchev–Trinajstić information content (AvgIpc) is 2.77. The molecule has 0 radical (unpaired) electrons. The quantitative estimate of drug-likeness (QED) is 0.743. The minimum atomic E-state index is -0.200. The van der Waals surface area contributed by atoms with Gasteiger partial charge in [0.1, 0.15) is 5.76 Å². The van der Waals surface area contributed by atoms with Crippen molar-refractivity contribution in [1.29, 1.82) is 0 Å². The Kier molecular flexibility index (Phi) is 5.72. The first-order chi connectivity index (χ1) is 8.17. The molecule has 1 atom stereocenters. The highest BCUT2D eigenvalue weighted by atomic mass is 16.5. The van der Waals surface area contributed by atoms with Crippen molar-refractivity contribution in [2.45, 2.75) is 25.8 Å². The zero-order valence-corrected chi connectivity index (χ0v) is 10.4. The van der Waals surface area contributed by atoms with E-state index >= 15 is 0 Å². The predicted molar refractivity (Wildman–Crippen MR) is 64.9 cm³/mol. The molecule has 0 saturated heterocycles. The zero-order valence-electron chi connectivity index (χ0n) is 10.4. The van der Waals surface area contributed by atoms with Crippen LogP contribution in [0.1, 0.15) is 29.7 Å². The van der Waals surface area contributed by atoms with Gasteiger partial charge in [0.15, 0.2) is 5.76 Å². The highest BCUT2D eigenvalue weighted by molar-refractivity contribution is 5.91. The second kappa shape index (κ2) is 7.09. The molecule has 0 aromatic carbocycles. The van der Waals surface area contributed by atoms with E-state index in [1.54, 1.807) is 13.2 Å². The fourth-order valence-electron chi connectivity index (χ4n) is 1.45. The highest BCUT2D eigenvalue weighted by Crippen LogP contribution is 2.07. The van der Waals surface area contributed by atoms with E-state index < -0.39 is 0 Å². The van der Waals surface area contributed by atoms with Crippen LogP contribution in [-0.2, 0) is 11.2 Å². The molecule has 0 saturated carbocycles. The Morgan fingerprint density at radius 3 is 2.94 bits per heavy atom. The molecule has 1 aromatic rings. The highest BCUT2D eigenvalue weighted by Gasteiger charge is 2.10. The maximum Gasteiger partial charge on any atom is 0.286 e. The van der Waals surface area contributed by atoms with E-state index in [1.807, 2.05) is 13.0 Å². The molecule has 96 valence electrons. The number of furan rings is 1. The summed E-state index contributed by atoms with van der Waals surface area (Å²) in [6, 6.07) is 3.44. The number of hydrogen-bond donors (Lipinski definition) is 2. The third-order valence-electron chi connectivity index (χ3n) is 2.42. The lowest BCUT2D eigenvalue weighted by molar-refractivity contribution is 0.0921. The van der Waals surface area contributed by atoms with Crippen molar-refractivity contribution in [2.75, 3.05) is 20.3 Å². The van der Waals surface area contributed by atoms with Crippen molar-refractivity contribution in [3.05, 3.63) is 23.7 Å². The molecule has 5 nitrogen and oxygen atoms in total. The summed E-state index contributed by atoms with van der Waals surface area (Å²) in [5, 5.41) is 2.76. The number of aryl methyl sites for hydroxylation is 1. The molecule has 0 aliphatic rings. The molecule has 1 unspecified atom stereocenters. The number of rotatable bonds is 7. The molecular weight excluding hydrogens is 220 g/mol. The molecule has 0 fully saturated rings. The summed E-state index contributed by atoms with van der Waals surface area (Å²) >= 11 is 0. The Balaban J connectivity index is 2.29. The van der Waals surface area contributed by atoms with Crippen molar-refractivity contribution in [1.82, 2.24) is 5.32 Å². The van der Waals surface area contributed by atoms with Gasteiger partial charge in [-0.3, -0.25) is 4.79 Å². The lowest BCUT2D eigenvalue weighted by Crippen LogP contribution is -2.32. The molecule has 0 aliphatic carbocycles. The van der Waals surface area contributed by atoms with Crippen LogP contribution in [0.4, 0.5) is 0 Å². The maximum absolute atomic E-state index is 11.6. The van der Waals surface area contributed by atoms with E-state index in [9.17, 15) is 4.79 Å². The van der Waals surface area contributed by atoms with E-state index in [0.29, 0.717) is 25.3 Å². The Bertz CT molecular complexity index is 349. The zero-order chi connectivity index (χ0) is 12.7. The fraction of sp³-hybridized carbons (Fsp3) is 0.583. The van der Waals surface area contributed by atoms with Crippen molar-refractivity contribution >= 4 is 5.91 Å². The first-order valence-corrected chi connectivity index (χ1v) is 5.78. The SMILES string of the molecule is CCc1ccc(C(=O)NCCC(N)COC)o1. The molecule has 0 bridgehead atoms. The van der Waals surface area contributed by atoms with Gasteiger partial charge in [0.05, 0.1) is 6.61 Å². The molecule has 17 heavy (non-hydrogen) atoms. The van der Waals surface area contributed by atoms with Crippen molar-refractivity contribution in [3.8, 4) is 0 Å². The van der Waals surface area contributed by atoms with Gasteiger partial charge in [-0.15, -0.1) is 0 Å². The second-order valence-electron chi connectivity index (χ2n) is 3.88. The van der Waals surface area contributed by atoms with Crippen LogP contribution in [0.2, 0.25) is 0 Å². The number of methoxy groups -OCH3 is 1. The molecule has 0 aliphatic heterocycles. The number of carbonyl (C=O) groups is 1. The van der Waals surface area contributed by atoms with Gasteiger partial charge in [0, 0.05) is 26.1 Å². The van der Waals surface area contributed by atoms with E-state index in [1.165, 1.54) is 0 Å². The summed E-state index contributed by atoms with van der Waals surface area (Å²) in [7, 11) is 1.60. The molecule has 1 heterocycles. The van der Waals surface area contributed by atoms with Crippen molar-refractivity contribution in [3.63, 3.8) is 0 Å². The number of ether oxygens (including phenoxy) is 1. The van der Waals surface area contributed by atoms with Crippen LogP contribution in [-0.4, -0.2) is 32.2 Å². The van der Waals surface area contributed by atoms with Crippen LogP contribution >= 0.6 is 0 Å². The van der Waals surface area contributed by atoms with E-state index in [0.717, 1.165) is 12.2 Å². The standard InChI is InChI=1S/C12H20N2O3/c1-3-10-4-5-11(17-10)12(15)14-7-6-9(13)8-16-2/h4-5,9H,3,6-8,13H2,1-2H3,(H,14,15). The number of nitrogens with one attached hydrogen (secondary N) is 1.